The fraction of sp³-hybridized carbons (Fsp3) is 0.286. The lowest BCUT2D eigenvalue weighted by Crippen LogP contribution is -2.34. The molecule has 0 fully saturated rings. The molecule has 2 aromatic carbocycles. The Morgan fingerprint density at radius 3 is 2.61 bits per heavy atom. The van der Waals surface area contributed by atoms with Crippen LogP contribution in [0.2, 0.25) is 0 Å². The molecule has 0 radical (unpaired) electrons. The highest BCUT2D eigenvalue weighted by molar-refractivity contribution is 8.00. The third-order valence-electron chi connectivity index (χ3n) is 4.53. The summed E-state index contributed by atoms with van der Waals surface area (Å²) in [4.78, 5) is 16.8. The van der Waals surface area contributed by atoms with Gasteiger partial charge in [-0.2, -0.15) is 0 Å². The Morgan fingerprint density at radius 2 is 1.89 bits per heavy atom. The molecule has 0 aliphatic heterocycles. The maximum Gasteiger partial charge on any atom is 0.233 e. The van der Waals surface area contributed by atoms with Crippen LogP contribution in [0, 0.1) is 5.82 Å². The predicted octanol–water partition coefficient (Wildman–Crippen LogP) is 4.40. The number of carbonyl (C=O) groups excluding carboxylic acids is 1. The highest BCUT2D eigenvalue weighted by Gasteiger charge is 2.19. The van der Waals surface area contributed by atoms with Crippen molar-refractivity contribution in [2.45, 2.75) is 36.6 Å². The molecule has 0 saturated heterocycles. The number of thioether (sulfide) groups is 1. The summed E-state index contributed by atoms with van der Waals surface area (Å²) in [5.41, 5.74) is 1.57. The van der Waals surface area contributed by atoms with Gasteiger partial charge in [0.05, 0.1) is 10.8 Å². The number of nitrogens with zero attached hydrogens (tertiary/aromatic N) is 2. The van der Waals surface area contributed by atoms with Crippen LogP contribution in [0.5, 0.6) is 0 Å². The quantitative estimate of drug-likeness (QED) is 0.552. The van der Waals surface area contributed by atoms with E-state index in [9.17, 15) is 9.18 Å². The van der Waals surface area contributed by atoms with Crippen LogP contribution in [-0.4, -0.2) is 32.9 Å². The average molecular weight is 399 g/mol. The van der Waals surface area contributed by atoms with Crippen LogP contribution < -0.4 is 5.32 Å². The van der Waals surface area contributed by atoms with Crippen LogP contribution in [0.15, 0.2) is 59.8 Å². The standard InChI is InChI=1S/C21H23FN4OS/c1-3-15(16-9-5-4-6-10-16)13-23-20(27)14(2)28-21-24-19(25-26-21)17-11-7-8-12-18(17)22/h4-12,14-15H,3,13H2,1-2H3,(H,23,27)(H,24,25,26)/t14-,15+/m1/s1. The van der Waals surface area contributed by atoms with Crippen LogP contribution >= 0.6 is 11.8 Å². The van der Waals surface area contributed by atoms with Crippen molar-refractivity contribution in [2.75, 3.05) is 6.54 Å². The van der Waals surface area contributed by atoms with Crippen LogP contribution in [0.25, 0.3) is 11.4 Å². The SMILES string of the molecule is CC[C@@H](CNC(=O)[C@@H](C)Sc1n[nH]c(-c2ccccc2F)n1)c1ccccc1. The first-order chi connectivity index (χ1) is 13.6. The summed E-state index contributed by atoms with van der Waals surface area (Å²) in [5, 5.41) is 9.89. The number of amides is 1. The van der Waals surface area contributed by atoms with E-state index >= 15 is 0 Å². The molecule has 146 valence electrons. The summed E-state index contributed by atoms with van der Waals surface area (Å²) in [6, 6.07) is 16.5. The first-order valence-corrected chi connectivity index (χ1v) is 10.1. The van der Waals surface area contributed by atoms with Crippen molar-refractivity contribution >= 4 is 17.7 Å². The van der Waals surface area contributed by atoms with E-state index in [0.29, 0.717) is 23.1 Å². The van der Waals surface area contributed by atoms with E-state index in [-0.39, 0.29) is 22.9 Å². The molecule has 0 unspecified atom stereocenters. The number of halogens is 1. The number of carbonyl (C=O) groups is 1. The van der Waals surface area contributed by atoms with Gasteiger partial charge in [-0.1, -0.05) is 61.2 Å². The zero-order chi connectivity index (χ0) is 19.9. The van der Waals surface area contributed by atoms with Crippen LogP contribution in [0.1, 0.15) is 31.7 Å². The van der Waals surface area contributed by atoms with Gasteiger partial charge in [0.15, 0.2) is 5.82 Å². The zero-order valence-electron chi connectivity index (χ0n) is 15.9. The normalized spacial score (nSPS) is 13.1. The lowest BCUT2D eigenvalue weighted by Gasteiger charge is -2.17. The monoisotopic (exact) mass is 398 g/mol. The maximum atomic E-state index is 13.9. The average Bonchev–Trinajstić information content (AvgIpc) is 3.17. The first-order valence-electron chi connectivity index (χ1n) is 9.25. The molecular weight excluding hydrogens is 375 g/mol. The summed E-state index contributed by atoms with van der Waals surface area (Å²) in [6.07, 6.45) is 0.943. The van der Waals surface area contributed by atoms with Gasteiger partial charge in [0.2, 0.25) is 11.1 Å². The lowest BCUT2D eigenvalue weighted by atomic mass is 9.96. The van der Waals surface area contributed by atoms with E-state index in [1.54, 1.807) is 18.2 Å². The van der Waals surface area contributed by atoms with E-state index in [1.807, 2.05) is 25.1 Å². The van der Waals surface area contributed by atoms with Crippen LogP contribution in [-0.2, 0) is 4.79 Å². The van der Waals surface area contributed by atoms with Gasteiger partial charge in [-0.25, -0.2) is 9.37 Å². The van der Waals surface area contributed by atoms with Crippen molar-refractivity contribution in [1.29, 1.82) is 0 Å². The number of aromatic nitrogens is 3. The molecule has 3 aromatic rings. The molecule has 2 N–H and O–H groups in total. The smallest absolute Gasteiger partial charge is 0.233 e. The Hall–Kier alpha value is -2.67. The first kappa shape index (κ1) is 20.1. The lowest BCUT2D eigenvalue weighted by molar-refractivity contribution is -0.120. The summed E-state index contributed by atoms with van der Waals surface area (Å²) in [7, 11) is 0. The summed E-state index contributed by atoms with van der Waals surface area (Å²) >= 11 is 1.24. The van der Waals surface area contributed by atoms with Crippen molar-refractivity contribution in [3.63, 3.8) is 0 Å². The molecule has 1 heterocycles. The van der Waals surface area contributed by atoms with E-state index in [2.05, 4.69) is 39.6 Å². The van der Waals surface area contributed by atoms with Gasteiger partial charge >= 0.3 is 0 Å². The molecule has 0 saturated carbocycles. The summed E-state index contributed by atoms with van der Waals surface area (Å²) in [5.74, 6) is 0.186. The van der Waals surface area contributed by atoms with Crippen molar-refractivity contribution in [2.24, 2.45) is 0 Å². The van der Waals surface area contributed by atoms with Crippen molar-refractivity contribution < 1.29 is 9.18 Å². The number of hydrogen-bond acceptors (Lipinski definition) is 4. The van der Waals surface area contributed by atoms with Gasteiger partial charge in [0.25, 0.3) is 0 Å². The highest BCUT2D eigenvalue weighted by atomic mass is 32.2. The molecule has 0 aliphatic rings. The molecule has 5 nitrogen and oxygen atoms in total. The number of H-pyrrole nitrogens is 1. The molecule has 2 atom stereocenters. The number of nitrogens with one attached hydrogen (secondary N) is 2. The molecule has 3 rings (SSSR count). The second-order valence-electron chi connectivity index (χ2n) is 6.47. The number of benzene rings is 2. The molecule has 0 spiro atoms. The predicted molar refractivity (Wildman–Crippen MR) is 110 cm³/mol. The van der Waals surface area contributed by atoms with Gasteiger partial charge in [-0.15, -0.1) is 5.10 Å². The molecule has 7 heteroatoms. The van der Waals surface area contributed by atoms with E-state index in [4.69, 9.17) is 0 Å². The highest BCUT2D eigenvalue weighted by Crippen LogP contribution is 2.24. The minimum atomic E-state index is -0.368. The van der Waals surface area contributed by atoms with Gasteiger partial charge < -0.3 is 5.32 Å². The minimum Gasteiger partial charge on any atom is -0.355 e. The topological polar surface area (TPSA) is 70.7 Å². The van der Waals surface area contributed by atoms with E-state index < -0.39 is 0 Å². The van der Waals surface area contributed by atoms with Crippen molar-refractivity contribution in [3.05, 3.63) is 66.0 Å². The molecule has 0 bridgehead atoms. The Bertz CT molecular complexity index is 916. The van der Waals surface area contributed by atoms with Crippen LogP contribution in [0.4, 0.5) is 4.39 Å². The van der Waals surface area contributed by atoms with Crippen molar-refractivity contribution in [3.8, 4) is 11.4 Å². The summed E-state index contributed by atoms with van der Waals surface area (Å²) in [6.45, 7) is 4.50. The minimum absolute atomic E-state index is 0.0726. The largest absolute Gasteiger partial charge is 0.355 e. The Morgan fingerprint density at radius 1 is 1.18 bits per heavy atom. The number of aromatic amines is 1. The number of rotatable bonds is 8. The van der Waals surface area contributed by atoms with Gasteiger partial charge in [0.1, 0.15) is 5.82 Å². The molecule has 1 aromatic heterocycles. The van der Waals surface area contributed by atoms with E-state index in [1.165, 1.54) is 23.4 Å². The third-order valence-corrected chi connectivity index (χ3v) is 5.49. The Kier molecular flexibility index (Phi) is 6.81. The Balaban J connectivity index is 1.57. The fourth-order valence-corrected chi connectivity index (χ4v) is 3.62. The maximum absolute atomic E-state index is 13.9. The summed E-state index contributed by atoms with van der Waals surface area (Å²) < 4.78 is 13.9. The molecule has 0 aliphatic carbocycles. The van der Waals surface area contributed by atoms with Gasteiger partial charge in [-0.05, 0) is 31.0 Å². The van der Waals surface area contributed by atoms with E-state index in [0.717, 1.165) is 6.42 Å². The van der Waals surface area contributed by atoms with Gasteiger partial charge in [0, 0.05) is 12.5 Å². The molecule has 1 amide bonds. The van der Waals surface area contributed by atoms with Crippen molar-refractivity contribution in [1.82, 2.24) is 20.5 Å². The fourth-order valence-electron chi connectivity index (χ4n) is 2.88. The zero-order valence-corrected chi connectivity index (χ0v) is 16.7. The molecular formula is C21H23FN4OS. The van der Waals surface area contributed by atoms with Gasteiger partial charge in [-0.3, -0.25) is 9.89 Å². The number of hydrogen-bond donors (Lipinski definition) is 2. The molecule has 28 heavy (non-hydrogen) atoms. The third kappa shape index (κ3) is 4.98. The van der Waals surface area contributed by atoms with Crippen LogP contribution in [0.3, 0.4) is 0 Å². The second kappa shape index (κ2) is 9.50. The Labute approximate surface area is 168 Å². The second-order valence-corrected chi connectivity index (χ2v) is 7.78.